The molecule has 19 heavy (non-hydrogen) atoms. The van der Waals surface area contributed by atoms with Crippen molar-refractivity contribution < 1.29 is 18.3 Å². The van der Waals surface area contributed by atoms with Crippen molar-refractivity contribution in [3.8, 4) is 0 Å². The number of nitrogens with zero attached hydrogens (tertiary/aromatic N) is 2. The van der Waals surface area contributed by atoms with Gasteiger partial charge in [-0.3, -0.25) is 4.79 Å². The molecule has 1 aromatic rings. The van der Waals surface area contributed by atoms with E-state index in [-0.39, 0.29) is 17.0 Å². The van der Waals surface area contributed by atoms with Crippen LogP contribution in [0.2, 0.25) is 0 Å². The van der Waals surface area contributed by atoms with Crippen LogP contribution >= 0.6 is 0 Å². The lowest BCUT2D eigenvalue weighted by atomic mass is 10.1. The zero-order valence-electron chi connectivity index (χ0n) is 11.4. The number of carboxylic acids is 1. The third-order valence-electron chi connectivity index (χ3n) is 2.66. The first kappa shape index (κ1) is 15.6. The van der Waals surface area contributed by atoms with Gasteiger partial charge >= 0.3 is 5.97 Å². The van der Waals surface area contributed by atoms with E-state index in [9.17, 15) is 13.2 Å². The first-order valence-corrected chi connectivity index (χ1v) is 7.42. The molecule has 108 valence electrons. The fourth-order valence-corrected chi connectivity index (χ4v) is 2.71. The zero-order chi connectivity index (χ0) is 14.8. The van der Waals surface area contributed by atoms with Crippen LogP contribution in [0.3, 0.4) is 0 Å². The average Bonchev–Trinajstić information content (AvgIpc) is 2.75. The molecule has 0 aliphatic heterocycles. The summed E-state index contributed by atoms with van der Waals surface area (Å²) in [7, 11) is -3.92. The maximum Gasteiger partial charge on any atom is 0.322 e. The van der Waals surface area contributed by atoms with Crippen LogP contribution in [0.15, 0.2) is 17.6 Å². The van der Waals surface area contributed by atoms with Crippen molar-refractivity contribution in [1.29, 1.82) is 0 Å². The van der Waals surface area contributed by atoms with Gasteiger partial charge in [0.05, 0.1) is 6.33 Å². The van der Waals surface area contributed by atoms with E-state index in [1.165, 1.54) is 12.5 Å². The predicted octanol–water partition coefficient (Wildman–Crippen LogP) is 0.851. The Kier molecular flexibility index (Phi) is 4.70. The summed E-state index contributed by atoms with van der Waals surface area (Å²) >= 11 is 0. The van der Waals surface area contributed by atoms with Crippen LogP contribution in [0.4, 0.5) is 0 Å². The van der Waals surface area contributed by atoms with Gasteiger partial charge in [0.2, 0.25) is 0 Å². The minimum absolute atomic E-state index is 0.0804. The second-order valence-corrected chi connectivity index (χ2v) is 6.59. The minimum Gasteiger partial charge on any atom is -0.480 e. The fourth-order valence-electron chi connectivity index (χ4n) is 1.44. The molecule has 0 bridgehead atoms. The van der Waals surface area contributed by atoms with Gasteiger partial charge in [-0.25, -0.2) is 13.4 Å². The number of aliphatic carboxylic acids is 1. The molecule has 7 nitrogen and oxygen atoms in total. The molecule has 8 heteroatoms. The molecule has 0 aliphatic carbocycles. The Hall–Kier alpha value is -1.41. The Balaban J connectivity index is 3.00. The first-order valence-electron chi connectivity index (χ1n) is 5.93. The van der Waals surface area contributed by atoms with E-state index in [0.29, 0.717) is 0 Å². The molecule has 1 rings (SSSR count). The van der Waals surface area contributed by atoms with Crippen molar-refractivity contribution in [2.75, 3.05) is 0 Å². The highest BCUT2D eigenvalue weighted by Crippen LogP contribution is 2.12. The summed E-state index contributed by atoms with van der Waals surface area (Å²) in [6.45, 7) is 7.04. The van der Waals surface area contributed by atoms with Crippen molar-refractivity contribution >= 4 is 16.0 Å². The van der Waals surface area contributed by atoms with Crippen molar-refractivity contribution in [2.45, 2.75) is 44.8 Å². The Morgan fingerprint density at radius 1 is 1.37 bits per heavy atom. The van der Waals surface area contributed by atoms with Gasteiger partial charge in [-0.2, -0.15) is 4.72 Å². The standard InChI is InChI=1S/C11H19N3O4S/c1-7(2)10(11(15)16)13-19(17,18)9-5-14(6-12-9)8(3)4/h5-8,10,13H,1-4H3,(H,15,16)/t10-/m0/s1. The first-order chi connectivity index (χ1) is 8.65. The number of sulfonamides is 1. The van der Waals surface area contributed by atoms with E-state index >= 15 is 0 Å². The molecule has 2 N–H and O–H groups in total. The lowest BCUT2D eigenvalue weighted by molar-refractivity contribution is -0.140. The summed E-state index contributed by atoms with van der Waals surface area (Å²) in [6.07, 6.45) is 2.79. The Labute approximate surface area is 112 Å². The molecule has 0 radical (unpaired) electrons. The van der Waals surface area contributed by atoms with Gasteiger partial charge in [0, 0.05) is 12.2 Å². The van der Waals surface area contributed by atoms with Crippen LogP contribution in [-0.4, -0.2) is 35.1 Å². The Bertz CT molecular complexity index is 548. The smallest absolute Gasteiger partial charge is 0.322 e. The van der Waals surface area contributed by atoms with Gasteiger partial charge in [0.1, 0.15) is 6.04 Å². The fraction of sp³-hybridized carbons (Fsp3) is 0.636. The summed E-state index contributed by atoms with van der Waals surface area (Å²) in [5, 5.41) is 8.82. The van der Waals surface area contributed by atoms with Crippen LogP contribution in [0.5, 0.6) is 0 Å². The van der Waals surface area contributed by atoms with Crippen LogP contribution in [0, 0.1) is 5.92 Å². The van der Waals surface area contributed by atoms with Crippen molar-refractivity contribution in [1.82, 2.24) is 14.3 Å². The number of carbonyl (C=O) groups is 1. The summed E-state index contributed by atoms with van der Waals surface area (Å²) in [5.74, 6) is -1.57. The molecular formula is C11H19N3O4S. The maximum atomic E-state index is 12.0. The number of carboxylic acid groups (broad SMARTS) is 1. The average molecular weight is 289 g/mol. The van der Waals surface area contributed by atoms with Crippen LogP contribution in [-0.2, 0) is 14.8 Å². The summed E-state index contributed by atoms with van der Waals surface area (Å²) < 4.78 is 27.9. The number of rotatable bonds is 6. The molecule has 0 spiro atoms. The van der Waals surface area contributed by atoms with Crippen LogP contribution in [0.1, 0.15) is 33.7 Å². The number of imidazole rings is 1. The third-order valence-corrected chi connectivity index (χ3v) is 3.99. The lowest BCUT2D eigenvalue weighted by Gasteiger charge is -2.16. The number of hydrogen-bond donors (Lipinski definition) is 2. The summed E-state index contributed by atoms with van der Waals surface area (Å²) in [6, 6.07) is -1.09. The van der Waals surface area contributed by atoms with E-state index in [1.54, 1.807) is 18.4 Å². The summed E-state index contributed by atoms with van der Waals surface area (Å²) in [4.78, 5) is 14.8. The third kappa shape index (κ3) is 3.77. The normalized spacial score (nSPS) is 14.0. The molecule has 0 aliphatic rings. The lowest BCUT2D eigenvalue weighted by Crippen LogP contribution is -2.44. The number of nitrogens with one attached hydrogen (secondary N) is 1. The highest BCUT2D eigenvalue weighted by Gasteiger charge is 2.29. The number of aromatic nitrogens is 2. The topological polar surface area (TPSA) is 101 Å². The van der Waals surface area contributed by atoms with Gasteiger partial charge in [-0.05, 0) is 19.8 Å². The molecule has 1 aromatic heterocycles. The SMILES string of the molecule is CC(C)[C@H](NS(=O)(=O)c1cn(C(C)C)cn1)C(=O)O. The van der Waals surface area contributed by atoms with Gasteiger partial charge in [-0.15, -0.1) is 0 Å². The molecule has 0 amide bonds. The van der Waals surface area contributed by atoms with Crippen molar-refractivity contribution in [3.63, 3.8) is 0 Å². The highest BCUT2D eigenvalue weighted by atomic mass is 32.2. The predicted molar refractivity (Wildman–Crippen MR) is 69.2 cm³/mol. The second-order valence-electron chi connectivity index (χ2n) is 4.93. The monoisotopic (exact) mass is 289 g/mol. The summed E-state index contributed by atoms with van der Waals surface area (Å²) in [5.41, 5.74) is 0. The van der Waals surface area contributed by atoms with E-state index in [4.69, 9.17) is 5.11 Å². The zero-order valence-corrected chi connectivity index (χ0v) is 12.2. The molecule has 1 heterocycles. The molecule has 0 saturated carbocycles. The van der Waals surface area contributed by atoms with Gasteiger partial charge in [-0.1, -0.05) is 13.8 Å². The van der Waals surface area contributed by atoms with Gasteiger partial charge < -0.3 is 9.67 Å². The largest absolute Gasteiger partial charge is 0.480 e. The van der Waals surface area contributed by atoms with E-state index in [0.717, 1.165) is 0 Å². The Morgan fingerprint density at radius 3 is 2.32 bits per heavy atom. The molecular weight excluding hydrogens is 270 g/mol. The number of hydrogen-bond acceptors (Lipinski definition) is 4. The van der Waals surface area contributed by atoms with Crippen LogP contribution < -0.4 is 4.72 Å². The van der Waals surface area contributed by atoms with E-state index in [2.05, 4.69) is 9.71 Å². The minimum atomic E-state index is -3.92. The molecule has 0 unspecified atom stereocenters. The molecule has 0 fully saturated rings. The second kappa shape index (κ2) is 5.70. The van der Waals surface area contributed by atoms with E-state index < -0.39 is 22.0 Å². The van der Waals surface area contributed by atoms with Gasteiger partial charge in [0.25, 0.3) is 10.0 Å². The quantitative estimate of drug-likeness (QED) is 0.808. The molecule has 0 aromatic carbocycles. The van der Waals surface area contributed by atoms with Crippen molar-refractivity contribution in [3.05, 3.63) is 12.5 Å². The molecule has 1 atom stereocenters. The Morgan fingerprint density at radius 2 is 1.95 bits per heavy atom. The maximum absolute atomic E-state index is 12.0. The van der Waals surface area contributed by atoms with E-state index in [1.807, 2.05) is 13.8 Å². The highest BCUT2D eigenvalue weighted by molar-refractivity contribution is 7.89. The molecule has 0 saturated heterocycles. The van der Waals surface area contributed by atoms with Crippen molar-refractivity contribution in [2.24, 2.45) is 5.92 Å². The van der Waals surface area contributed by atoms with Crippen LogP contribution in [0.25, 0.3) is 0 Å². The van der Waals surface area contributed by atoms with Gasteiger partial charge in [0.15, 0.2) is 5.03 Å².